The molecule has 2 saturated heterocycles. The smallest absolute Gasteiger partial charge is 0.418 e. The number of hydrogen-bond donors (Lipinski definition) is 2. The molecule has 3 atom stereocenters. The van der Waals surface area contributed by atoms with Crippen LogP contribution in [-0.4, -0.2) is 84.5 Å². The molecule has 0 spiro atoms. The lowest BCUT2D eigenvalue weighted by atomic mass is 9.95. The number of aromatic nitrogens is 3. The molecule has 3 aromatic rings. The Labute approximate surface area is 243 Å². The summed E-state index contributed by atoms with van der Waals surface area (Å²) in [6.45, 7) is 1.65. The highest BCUT2D eigenvalue weighted by atomic mass is 35.5. The Balaban J connectivity index is 1.53. The van der Waals surface area contributed by atoms with Gasteiger partial charge in [-0.2, -0.15) is 23.1 Å². The summed E-state index contributed by atoms with van der Waals surface area (Å²) in [7, 11) is 3.49. The van der Waals surface area contributed by atoms with E-state index in [4.69, 9.17) is 26.8 Å². The minimum Gasteiger partial charge on any atom is -0.475 e. The maximum Gasteiger partial charge on any atom is 0.418 e. The fourth-order valence-electron chi connectivity index (χ4n) is 6.35. The fraction of sp³-hybridized carbons (Fsp3) is 0.519. The molecule has 3 aliphatic rings. The number of halogens is 6. The van der Waals surface area contributed by atoms with Crippen molar-refractivity contribution in [2.75, 3.05) is 57.6 Å². The highest BCUT2D eigenvalue weighted by molar-refractivity contribution is 6.32. The maximum absolute atomic E-state index is 16.4. The molecule has 0 bridgehead atoms. The molecule has 15 heteroatoms. The van der Waals surface area contributed by atoms with Crippen molar-refractivity contribution in [1.29, 1.82) is 0 Å². The molecular weight excluding hydrogens is 585 g/mol. The largest absolute Gasteiger partial charge is 0.475 e. The van der Waals surface area contributed by atoms with Gasteiger partial charge in [0, 0.05) is 37.8 Å². The Hall–Kier alpha value is -3.23. The lowest BCUT2D eigenvalue weighted by molar-refractivity contribution is -0.137. The van der Waals surface area contributed by atoms with E-state index in [0.717, 1.165) is 31.5 Å². The van der Waals surface area contributed by atoms with Gasteiger partial charge >= 0.3 is 12.2 Å². The average Bonchev–Trinajstić information content (AvgIpc) is 3.40. The monoisotopic (exact) mass is 613 g/mol. The summed E-state index contributed by atoms with van der Waals surface area (Å²) < 4.78 is 85.1. The van der Waals surface area contributed by atoms with Crippen LogP contribution in [0.5, 0.6) is 11.9 Å². The van der Waals surface area contributed by atoms with Crippen molar-refractivity contribution in [1.82, 2.24) is 25.2 Å². The second-order valence-corrected chi connectivity index (χ2v) is 11.5. The van der Waals surface area contributed by atoms with Crippen LogP contribution in [0.1, 0.15) is 24.8 Å². The van der Waals surface area contributed by atoms with Crippen LogP contribution in [0.2, 0.25) is 5.02 Å². The fourth-order valence-corrected chi connectivity index (χ4v) is 6.68. The molecule has 226 valence electrons. The van der Waals surface area contributed by atoms with Crippen LogP contribution in [0.15, 0.2) is 12.1 Å². The first kappa shape index (κ1) is 28.9. The Morgan fingerprint density at radius 3 is 2.79 bits per heavy atom. The summed E-state index contributed by atoms with van der Waals surface area (Å²) in [5.41, 5.74) is 2.23. The van der Waals surface area contributed by atoms with E-state index in [1.54, 1.807) is 19.0 Å². The van der Waals surface area contributed by atoms with E-state index in [1.165, 1.54) is 0 Å². The predicted octanol–water partition coefficient (Wildman–Crippen LogP) is 4.46. The number of likely N-dealkylation sites (N-methyl/N-ethyl adjacent to an activating group) is 2. The Kier molecular flexibility index (Phi) is 7.21. The number of benzene rings is 1. The van der Waals surface area contributed by atoms with Crippen molar-refractivity contribution in [3.63, 3.8) is 0 Å². The molecule has 2 aromatic heterocycles. The number of hydrogen-bond acceptors (Lipinski definition) is 9. The van der Waals surface area contributed by atoms with E-state index in [-0.39, 0.29) is 53.6 Å². The summed E-state index contributed by atoms with van der Waals surface area (Å²) in [6, 6.07) is 1.41. The maximum atomic E-state index is 16.4. The molecule has 5 heterocycles. The SMILES string of the molecule is CNCC1COc2nc(-c3cc(N)cc(Cl)c3C(F)(F)F)c(F)c3nc(OC[C@@]45CCCN4C[C@H](F)C5)nc(c23)N1C. The quantitative estimate of drug-likeness (QED) is 0.308. The number of nitrogens with one attached hydrogen (secondary N) is 1. The van der Waals surface area contributed by atoms with E-state index in [9.17, 15) is 17.6 Å². The van der Waals surface area contributed by atoms with Gasteiger partial charge in [-0.1, -0.05) is 11.6 Å². The van der Waals surface area contributed by atoms with Gasteiger partial charge in [0.25, 0.3) is 0 Å². The first-order valence-corrected chi connectivity index (χ1v) is 13.9. The molecule has 42 heavy (non-hydrogen) atoms. The van der Waals surface area contributed by atoms with Gasteiger partial charge in [-0.15, -0.1) is 0 Å². The summed E-state index contributed by atoms with van der Waals surface area (Å²) in [5.74, 6) is -1.06. The van der Waals surface area contributed by atoms with Crippen LogP contribution in [0.25, 0.3) is 22.2 Å². The summed E-state index contributed by atoms with van der Waals surface area (Å²) >= 11 is 5.96. The van der Waals surface area contributed by atoms with Gasteiger partial charge < -0.3 is 25.4 Å². The molecule has 1 unspecified atom stereocenters. The minimum atomic E-state index is -4.94. The number of rotatable bonds is 6. The van der Waals surface area contributed by atoms with Gasteiger partial charge in [0.15, 0.2) is 5.82 Å². The topological polar surface area (TPSA) is 102 Å². The number of nitrogens with two attached hydrogens (primary N) is 1. The van der Waals surface area contributed by atoms with Crippen LogP contribution < -0.4 is 25.4 Å². The van der Waals surface area contributed by atoms with Crippen molar-refractivity contribution in [2.45, 2.75) is 43.2 Å². The molecule has 2 fully saturated rings. The Morgan fingerprint density at radius 2 is 2.05 bits per heavy atom. The number of fused-ring (bicyclic) bond motifs is 1. The van der Waals surface area contributed by atoms with Gasteiger partial charge in [-0.25, -0.2) is 13.8 Å². The van der Waals surface area contributed by atoms with Crippen molar-refractivity contribution < 1.29 is 31.4 Å². The normalized spacial score (nSPS) is 24.1. The number of ether oxygens (including phenoxy) is 2. The van der Waals surface area contributed by atoms with Crippen molar-refractivity contribution in [3.05, 3.63) is 28.5 Å². The third kappa shape index (κ3) is 4.82. The molecular formula is C27H29ClF5N7O2. The molecule has 6 rings (SSSR count). The number of anilines is 2. The van der Waals surface area contributed by atoms with Gasteiger partial charge in [0.05, 0.1) is 22.2 Å². The third-order valence-electron chi connectivity index (χ3n) is 8.33. The Morgan fingerprint density at radius 1 is 1.26 bits per heavy atom. The molecule has 3 N–H and O–H groups in total. The van der Waals surface area contributed by atoms with Crippen molar-refractivity contribution >= 4 is 34.0 Å². The average molecular weight is 614 g/mol. The molecule has 1 aromatic carbocycles. The lowest BCUT2D eigenvalue weighted by Gasteiger charge is -2.31. The van der Waals surface area contributed by atoms with Gasteiger partial charge in [0.1, 0.15) is 41.8 Å². The van der Waals surface area contributed by atoms with Crippen molar-refractivity contribution in [2.24, 2.45) is 0 Å². The van der Waals surface area contributed by atoms with Gasteiger partial charge in [-0.05, 0) is 38.6 Å². The molecule has 0 amide bonds. The van der Waals surface area contributed by atoms with Crippen LogP contribution >= 0.6 is 11.6 Å². The zero-order valence-corrected chi connectivity index (χ0v) is 23.6. The number of nitrogen functional groups attached to an aromatic ring is 1. The standard InChI is InChI=1S/C27H29ClF5N7O2/c1-35-9-15-11-41-24-18-22(20(30)21(36-24)16-6-14(34)7-17(28)19(16)27(31,32)33)37-25(38-23(18)39(15)2)42-12-26-4-3-5-40(26)10-13(29)8-26/h6-7,13,15,35H,3-5,8-12,34H2,1-2H3/t13-,15?,26+/m1/s1. The first-order chi connectivity index (χ1) is 19.9. The number of pyridine rings is 1. The zero-order valence-electron chi connectivity index (χ0n) is 22.9. The second kappa shape index (κ2) is 10.5. The van der Waals surface area contributed by atoms with Crippen molar-refractivity contribution in [3.8, 4) is 23.1 Å². The third-order valence-corrected chi connectivity index (χ3v) is 8.63. The van der Waals surface area contributed by atoms with E-state index in [0.29, 0.717) is 19.5 Å². The molecule has 0 aliphatic carbocycles. The van der Waals surface area contributed by atoms with Gasteiger partial charge in [0.2, 0.25) is 5.88 Å². The first-order valence-electron chi connectivity index (χ1n) is 13.5. The van der Waals surface area contributed by atoms with E-state index in [2.05, 4.69) is 25.2 Å². The van der Waals surface area contributed by atoms with E-state index in [1.807, 2.05) is 0 Å². The molecule has 3 aliphatic heterocycles. The van der Waals surface area contributed by atoms with Gasteiger partial charge in [-0.3, -0.25) is 4.90 Å². The number of nitrogens with zero attached hydrogens (tertiary/aromatic N) is 5. The van der Waals surface area contributed by atoms with Crippen LogP contribution in [0.4, 0.5) is 33.5 Å². The zero-order chi connectivity index (χ0) is 30.0. The Bertz CT molecular complexity index is 1540. The summed E-state index contributed by atoms with van der Waals surface area (Å²) in [5, 5.41) is 2.44. The summed E-state index contributed by atoms with van der Waals surface area (Å²) in [4.78, 5) is 16.9. The summed E-state index contributed by atoms with van der Waals surface area (Å²) in [6.07, 6.45) is -4.00. The molecule has 9 nitrogen and oxygen atoms in total. The van der Waals surface area contributed by atoms with Crippen LogP contribution in [0.3, 0.4) is 0 Å². The van der Waals surface area contributed by atoms with Crippen LogP contribution in [0, 0.1) is 5.82 Å². The van der Waals surface area contributed by atoms with E-state index >= 15 is 4.39 Å². The van der Waals surface area contributed by atoms with E-state index < -0.39 is 45.5 Å². The second-order valence-electron chi connectivity index (χ2n) is 11.1. The highest BCUT2D eigenvalue weighted by Gasteiger charge is 2.49. The molecule has 0 saturated carbocycles. The number of alkyl halides is 4. The highest BCUT2D eigenvalue weighted by Crippen LogP contribution is 2.46. The molecule has 0 radical (unpaired) electrons. The minimum absolute atomic E-state index is 0.0663. The van der Waals surface area contributed by atoms with Crippen LogP contribution in [-0.2, 0) is 6.18 Å². The lowest BCUT2D eigenvalue weighted by Crippen LogP contribution is -2.44. The predicted molar refractivity (Wildman–Crippen MR) is 147 cm³/mol.